The molecule has 0 aliphatic carbocycles. The van der Waals surface area contributed by atoms with Crippen LogP contribution in [0.5, 0.6) is 0 Å². The number of nitrogens with one attached hydrogen (secondary N) is 1. The Labute approximate surface area is 124 Å². The van der Waals surface area contributed by atoms with Gasteiger partial charge in [-0.05, 0) is 26.8 Å². The number of hydrogen-bond donors (Lipinski definition) is 1. The van der Waals surface area contributed by atoms with Gasteiger partial charge in [0.25, 0.3) is 0 Å². The molecule has 2 aromatic heterocycles. The number of anilines is 1. The van der Waals surface area contributed by atoms with Gasteiger partial charge in [-0.25, -0.2) is 0 Å². The van der Waals surface area contributed by atoms with Crippen molar-refractivity contribution < 1.29 is 18.0 Å². The summed E-state index contributed by atoms with van der Waals surface area (Å²) in [6, 6.07) is 0.910. The topological polar surface area (TPSA) is 64.7 Å². The first kappa shape index (κ1) is 16.1. The minimum Gasteiger partial charge on any atom is -0.322 e. The molecule has 2 heterocycles. The van der Waals surface area contributed by atoms with Gasteiger partial charge in [-0.3, -0.25) is 14.2 Å². The molecule has 22 heavy (non-hydrogen) atoms. The first-order chi connectivity index (χ1) is 10.2. The molecule has 0 bridgehead atoms. The van der Waals surface area contributed by atoms with E-state index in [1.165, 1.54) is 13.1 Å². The lowest BCUT2D eigenvalue weighted by molar-refractivity contribution is -0.141. The Morgan fingerprint density at radius 2 is 2.00 bits per heavy atom. The number of aromatic nitrogens is 4. The van der Waals surface area contributed by atoms with Crippen molar-refractivity contribution in [3.8, 4) is 0 Å². The summed E-state index contributed by atoms with van der Waals surface area (Å²) < 4.78 is 40.4. The van der Waals surface area contributed by atoms with Crippen molar-refractivity contribution in [1.82, 2.24) is 19.6 Å². The van der Waals surface area contributed by atoms with Crippen LogP contribution in [0.25, 0.3) is 0 Å². The van der Waals surface area contributed by atoms with Gasteiger partial charge in [0.1, 0.15) is 6.54 Å². The van der Waals surface area contributed by atoms with Crippen molar-refractivity contribution in [2.75, 3.05) is 5.32 Å². The van der Waals surface area contributed by atoms with Crippen molar-refractivity contribution in [3.05, 3.63) is 29.3 Å². The van der Waals surface area contributed by atoms with Crippen LogP contribution in [0.15, 0.2) is 12.3 Å². The number of amides is 1. The van der Waals surface area contributed by atoms with Gasteiger partial charge in [-0.1, -0.05) is 0 Å². The Bertz CT molecular complexity index is 686. The summed E-state index contributed by atoms with van der Waals surface area (Å²) >= 11 is 0. The molecule has 2 rings (SSSR count). The fourth-order valence-corrected chi connectivity index (χ4v) is 2.02. The zero-order valence-corrected chi connectivity index (χ0v) is 12.4. The van der Waals surface area contributed by atoms with Crippen LogP contribution in [0.2, 0.25) is 0 Å². The number of nitrogens with zero attached hydrogens (tertiary/aromatic N) is 4. The third kappa shape index (κ3) is 3.29. The molecular weight excluding hydrogens is 299 g/mol. The van der Waals surface area contributed by atoms with E-state index in [9.17, 15) is 18.0 Å². The van der Waals surface area contributed by atoms with E-state index >= 15 is 0 Å². The molecule has 0 spiro atoms. The predicted octanol–water partition coefficient (Wildman–Crippen LogP) is 2.37. The number of halogens is 3. The zero-order valence-electron chi connectivity index (χ0n) is 12.4. The third-order valence-corrected chi connectivity index (χ3v) is 3.24. The lowest BCUT2D eigenvalue weighted by Crippen LogP contribution is -2.21. The molecule has 0 atom stereocenters. The van der Waals surface area contributed by atoms with E-state index in [-0.39, 0.29) is 12.2 Å². The summed E-state index contributed by atoms with van der Waals surface area (Å²) in [7, 11) is 0. The highest BCUT2D eigenvalue weighted by Crippen LogP contribution is 2.28. The standard InChI is InChI=1S/C13H16F3N5O/c1-4-20-9(3)10(6-17-20)18-12(22)7-21-8(2)5-11(19-21)13(14,15)16/h5-6H,4,7H2,1-3H3,(H,18,22). The van der Waals surface area contributed by atoms with Crippen LogP contribution in [-0.4, -0.2) is 25.5 Å². The van der Waals surface area contributed by atoms with Crippen molar-refractivity contribution in [3.63, 3.8) is 0 Å². The quantitative estimate of drug-likeness (QED) is 0.942. The van der Waals surface area contributed by atoms with Crippen LogP contribution in [0.4, 0.5) is 18.9 Å². The summed E-state index contributed by atoms with van der Waals surface area (Å²) in [5, 5.41) is 10.1. The molecule has 0 aromatic carbocycles. The van der Waals surface area contributed by atoms with E-state index < -0.39 is 17.8 Å². The van der Waals surface area contributed by atoms with E-state index in [1.54, 1.807) is 11.6 Å². The summed E-state index contributed by atoms with van der Waals surface area (Å²) in [6.07, 6.45) is -3.01. The summed E-state index contributed by atoms with van der Waals surface area (Å²) in [5.74, 6) is -0.460. The van der Waals surface area contributed by atoms with E-state index in [4.69, 9.17) is 0 Å². The Morgan fingerprint density at radius 1 is 1.32 bits per heavy atom. The molecule has 120 valence electrons. The third-order valence-electron chi connectivity index (χ3n) is 3.24. The number of aryl methyl sites for hydroxylation is 2. The second-order valence-electron chi connectivity index (χ2n) is 4.83. The summed E-state index contributed by atoms with van der Waals surface area (Å²) in [4.78, 5) is 12.0. The average Bonchev–Trinajstić information content (AvgIpc) is 2.94. The molecule has 2 aromatic rings. The normalized spacial score (nSPS) is 11.7. The van der Waals surface area contributed by atoms with Crippen molar-refractivity contribution in [2.45, 2.75) is 40.0 Å². The van der Waals surface area contributed by atoms with E-state index in [0.717, 1.165) is 16.4 Å². The van der Waals surface area contributed by atoms with Crippen molar-refractivity contribution >= 4 is 11.6 Å². The number of rotatable bonds is 4. The molecule has 0 saturated heterocycles. The first-order valence-corrected chi connectivity index (χ1v) is 6.66. The molecule has 6 nitrogen and oxygen atoms in total. The van der Waals surface area contributed by atoms with Gasteiger partial charge in [-0.15, -0.1) is 0 Å². The van der Waals surface area contributed by atoms with Gasteiger partial charge in [0.15, 0.2) is 5.69 Å². The molecule has 1 N–H and O–H groups in total. The van der Waals surface area contributed by atoms with Gasteiger partial charge in [0.2, 0.25) is 5.91 Å². The molecule has 0 unspecified atom stereocenters. The first-order valence-electron chi connectivity index (χ1n) is 6.66. The lowest BCUT2D eigenvalue weighted by Gasteiger charge is -2.07. The second-order valence-corrected chi connectivity index (χ2v) is 4.83. The average molecular weight is 315 g/mol. The number of alkyl halides is 3. The van der Waals surface area contributed by atoms with Crippen LogP contribution in [0.1, 0.15) is 24.0 Å². The Hall–Kier alpha value is -2.32. The Morgan fingerprint density at radius 3 is 2.50 bits per heavy atom. The van der Waals surface area contributed by atoms with Gasteiger partial charge in [0, 0.05) is 12.2 Å². The highest BCUT2D eigenvalue weighted by atomic mass is 19.4. The van der Waals surface area contributed by atoms with Gasteiger partial charge < -0.3 is 5.32 Å². The van der Waals surface area contributed by atoms with Crippen molar-refractivity contribution in [1.29, 1.82) is 0 Å². The molecule has 0 fully saturated rings. The fourth-order valence-electron chi connectivity index (χ4n) is 2.02. The largest absolute Gasteiger partial charge is 0.435 e. The van der Waals surface area contributed by atoms with Gasteiger partial charge >= 0.3 is 6.18 Å². The highest BCUT2D eigenvalue weighted by Gasteiger charge is 2.34. The molecular formula is C13H16F3N5O. The molecule has 0 aliphatic heterocycles. The van der Waals surface area contributed by atoms with Crippen LogP contribution in [-0.2, 0) is 24.1 Å². The zero-order chi connectivity index (χ0) is 16.5. The number of hydrogen-bond acceptors (Lipinski definition) is 3. The summed E-state index contributed by atoms with van der Waals surface area (Å²) in [5.41, 5.74) is 0.577. The smallest absolute Gasteiger partial charge is 0.322 e. The maximum absolute atomic E-state index is 12.6. The molecule has 0 saturated carbocycles. The van der Waals surface area contributed by atoms with Crippen LogP contribution in [0.3, 0.4) is 0 Å². The van der Waals surface area contributed by atoms with Crippen molar-refractivity contribution in [2.24, 2.45) is 0 Å². The van der Waals surface area contributed by atoms with Crippen LogP contribution < -0.4 is 5.32 Å². The molecule has 1 amide bonds. The summed E-state index contributed by atoms with van der Waals surface area (Å²) in [6.45, 7) is 5.55. The minimum atomic E-state index is -4.52. The highest BCUT2D eigenvalue weighted by molar-refractivity contribution is 5.90. The maximum Gasteiger partial charge on any atom is 0.435 e. The minimum absolute atomic E-state index is 0.267. The fraction of sp³-hybridized carbons (Fsp3) is 0.462. The van der Waals surface area contributed by atoms with Gasteiger partial charge in [0.05, 0.1) is 17.6 Å². The lowest BCUT2D eigenvalue weighted by atomic mass is 10.3. The number of carbonyl (C=O) groups excluding carboxylic acids is 1. The Balaban J connectivity index is 2.09. The number of carbonyl (C=O) groups is 1. The SMILES string of the molecule is CCn1ncc(NC(=O)Cn2nc(C(F)(F)F)cc2C)c1C. The monoisotopic (exact) mass is 315 g/mol. The predicted molar refractivity (Wildman–Crippen MR) is 73.2 cm³/mol. The van der Waals surface area contributed by atoms with Crippen LogP contribution >= 0.6 is 0 Å². The molecule has 0 aliphatic rings. The van der Waals surface area contributed by atoms with E-state index in [2.05, 4.69) is 15.5 Å². The van der Waals surface area contributed by atoms with Crippen LogP contribution in [0, 0.1) is 13.8 Å². The van der Waals surface area contributed by atoms with E-state index in [0.29, 0.717) is 12.2 Å². The van der Waals surface area contributed by atoms with Gasteiger partial charge in [-0.2, -0.15) is 23.4 Å². The molecule has 9 heteroatoms. The Kier molecular flexibility index (Phi) is 4.25. The maximum atomic E-state index is 12.6. The molecule has 0 radical (unpaired) electrons. The second kappa shape index (κ2) is 5.82. The van der Waals surface area contributed by atoms with E-state index in [1.807, 2.05) is 6.92 Å².